The van der Waals surface area contributed by atoms with Crippen LogP contribution >= 0.6 is 0 Å². The van der Waals surface area contributed by atoms with Crippen LogP contribution in [0.2, 0.25) is 0 Å². The molecule has 3 heterocycles. The van der Waals surface area contributed by atoms with Crippen molar-refractivity contribution < 1.29 is 4.42 Å². The standard InChI is InChI=1S/C57H36N4O/c1-4-14-37(15-5-1)41-20-12-21-42(34-41)39-26-29-46(30-27-39)61-50-25-11-10-24-47(50)48-32-33-51-53(54(48)61)49-31-28-45(36-52(49)62-51)57-59-55(40-18-8-3-9-19-40)58-56(60-57)44-23-13-22-43(35-44)38-16-6-2-7-17-38/h1-36H. The molecule has 0 fully saturated rings. The van der Waals surface area contributed by atoms with Crippen molar-refractivity contribution in [1.29, 1.82) is 0 Å². The molecule has 12 rings (SSSR count). The van der Waals surface area contributed by atoms with Crippen molar-refractivity contribution in [3.63, 3.8) is 0 Å². The first kappa shape index (κ1) is 35.5. The molecule has 0 radical (unpaired) electrons. The molecule has 9 aromatic carbocycles. The van der Waals surface area contributed by atoms with Crippen molar-refractivity contribution >= 4 is 43.7 Å². The van der Waals surface area contributed by atoms with Crippen molar-refractivity contribution in [2.24, 2.45) is 0 Å². The Hall–Kier alpha value is -8.41. The van der Waals surface area contributed by atoms with Crippen LogP contribution in [-0.2, 0) is 0 Å². The minimum atomic E-state index is 0.579. The van der Waals surface area contributed by atoms with Crippen molar-refractivity contribution in [3.8, 4) is 73.2 Å². The van der Waals surface area contributed by atoms with Crippen LogP contribution in [0, 0.1) is 0 Å². The van der Waals surface area contributed by atoms with Gasteiger partial charge in [-0.3, -0.25) is 0 Å². The number of hydrogen-bond acceptors (Lipinski definition) is 4. The molecule has 62 heavy (non-hydrogen) atoms. The van der Waals surface area contributed by atoms with E-state index in [1.54, 1.807) is 0 Å². The fourth-order valence-corrected chi connectivity index (χ4v) is 8.85. The Kier molecular flexibility index (Phi) is 8.42. The summed E-state index contributed by atoms with van der Waals surface area (Å²) in [4.78, 5) is 15.2. The zero-order valence-electron chi connectivity index (χ0n) is 33.5. The maximum atomic E-state index is 6.74. The van der Waals surface area contributed by atoms with Gasteiger partial charge in [0.1, 0.15) is 11.2 Å². The minimum Gasteiger partial charge on any atom is -0.456 e. The molecule has 0 N–H and O–H groups in total. The van der Waals surface area contributed by atoms with Crippen LogP contribution < -0.4 is 0 Å². The lowest BCUT2D eigenvalue weighted by atomic mass is 9.99. The Balaban J connectivity index is 0.989. The smallest absolute Gasteiger partial charge is 0.164 e. The molecule has 0 saturated heterocycles. The van der Waals surface area contributed by atoms with Crippen LogP contribution in [0.5, 0.6) is 0 Å². The topological polar surface area (TPSA) is 56.7 Å². The maximum Gasteiger partial charge on any atom is 0.164 e. The number of benzene rings is 9. The summed E-state index contributed by atoms with van der Waals surface area (Å²) in [5.41, 5.74) is 14.6. The highest BCUT2D eigenvalue weighted by atomic mass is 16.3. The first-order valence-corrected chi connectivity index (χ1v) is 20.8. The summed E-state index contributed by atoms with van der Waals surface area (Å²) in [5, 5.41) is 4.46. The summed E-state index contributed by atoms with van der Waals surface area (Å²) in [6.07, 6.45) is 0. The Morgan fingerprint density at radius 2 is 0.774 bits per heavy atom. The van der Waals surface area contributed by atoms with Gasteiger partial charge in [-0.05, 0) is 88.0 Å². The van der Waals surface area contributed by atoms with Gasteiger partial charge in [0.15, 0.2) is 17.5 Å². The summed E-state index contributed by atoms with van der Waals surface area (Å²) < 4.78 is 9.13. The summed E-state index contributed by atoms with van der Waals surface area (Å²) in [6, 6.07) is 76.3. The van der Waals surface area contributed by atoms with Crippen molar-refractivity contribution in [1.82, 2.24) is 19.5 Å². The van der Waals surface area contributed by atoms with Gasteiger partial charge in [0, 0.05) is 38.5 Å². The summed E-state index contributed by atoms with van der Waals surface area (Å²) in [7, 11) is 0. The summed E-state index contributed by atoms with van der Waals surface area (Å²) in [6.45, 7) is 0. The largest absolute Gasteiger partial charge is 0.456 e. The van der Waals surface area contributed by atoms with E-state index in [1.807, 2.05) is 36.4 Å². The van der Waals surface area contributed by atoms with E-state index < -0.39 is 0 Å². The van der Waals surface area contributed by atoms with E-state index in [-0.39, 0.29) is 0 Å². The fourth-order valence-electron chi connectivity index (χ4n) is 8.85. The molecular weight excluding hydrogens is 757 g/mol. The third-order valence-corrected chi connectivity index (χ3v) is 11.9. The second-order valence-electron chi connectivity index (χ2n) is 15.6. The van der Waals surface area contributed by atoms with Crippen molar-refractivity contribution in [3.05, 3.63) is 218 Å². The number of hydrogen-bond donors (Lipinski definition) is 0. The Morgan fingerprint density at radius 3 is 1.42 bits per heavy atom. The highest BCUT2D eigenvalue weighted by Gasteiger charge is 2.21. The molecule has 5 nitrogen and oxygen atoms in total. The van der Waals surface area contributed by atoms with Crippen LogP contribution in [0.4, 0.5) is 0 Å². The van der Waals surface area contributed by atoms with E-state index in [0.717, 1.165) is 66.5 Å². The van der Waals surface area contributed by atoms with Gasteiger partial charge < -0.3 is 8.98 Å². The average Bonchev–Trinajstić information content (AvgIpc) is 3.90. The predicted molar refractivity (Wildman–Crippen MR) is 254 cm³/mol. The normalized spacial score (nSPS) is 11.5. The SMILES string of the molecule is c1ccc(-c2cccc(-c3ccc(-n4c5ccccc5c5ccc6oc7cc(-c8nc(-c9ccccc9)nc(-c9cccc(-c%10ccccc%10)c9)n8)ccc7c6c54)cc3)c2)cc1. The molecule has 3 aromatic heterocycles. The van der Waals surface area contributed by atoms with Gasteiger partial charge in [0.2, 0.25) is 0 Å². The molecule has 0 bridgehead atoms. The molecule has 0 atom stereocenters. The number of furan rings is 1. The Labute approximate surface area is 357 Å². The van der Waals surface area contributed by atoms with Crippen molar-refractivity contribution in [2.45, 2.75) is 0 Å². The lowest BCUT2D eigenvalue weighted by Gasteiger charge is -2.11. The van der Waals surface area contributed by atoms with Crippen molar-refractivity contribution in [2.75, 3.05) is 0 Å². The van der Waals surface area contributed by atoms with E-state index in [4.69, 9.17) is 19.4 Å². The maximum absolute atomic E-state index is 6.74. The average molecular weight is 793 g/mol. The van der Waals surface area contributed by atoms with Gasteiger partial charge in [0.25, 0.3) is 0 Å². The van der Waals surface area contributed by atoms with Crippen LogP contribution in [-0.4, -0.2) is 19.5 Å². The molecule has 0 aliphatic rings. The molecule has 0 amide bonds. The quantitative estimate of drug-likeness (QED) is 0.161. The third kappa shape index (κ3) is 6.14. The molecule has 0 saturated carbocycles. The Morgan fingerprint density at radius 1 is 0.306 bits per heavy atom. The Bertz CT molecular complexity index is 3610. The second-order valence-corrected chi connectivity index (χ2v) is 15.6. The highest BCUT2D eigenvalue weighted by Crippen LogP contribution is 2.42. The monoisotopic (exact) mass is 792 g/mol. The van der Waals surface area contributed by atoms with E-state index in [1.165, 1.54) is 33.0 Å². The van der Waals surface area contributed by atoms with E-state index in [2.05, 4.69) is 187 Å². The van der Waals surface area contributed by atoms with Gasteiger partial charge in [-0.1, -0.05) is 164 Å². The van der Waals surface area contributed by atoms with E-state index >= 15 is 0 Å². The lowest BCUT2D eigenvalue weighted by Crippen LogP contribution is -2.00. The van der Waals surface area contributed by atoms with Crippen LogP contribution in [0.25, 0.3) is 117 Å². The van der Waals surface area contributed by atoms with Gasteiger partial charge in [-0.15, -0.1) is 0 Å². The first-order chi connectivity index (χ1) is 30.7. The molecule has 0 aliphatic carbocycles. The predicted octanol–water partition coefficient (Wildman–Crippen LogP) is 14.9. The van der Waals surface area contributed by atoms with Crippen LogP contribution in [0.1, 0.15) is 0 Å². The van der Waals surface area contributed by atoms with Gasteiger partial charge >= 0.3 is 0 Å². The number of aromatic nitrogens is 4. The zero-order valence-corrected chi connectivity index (χ0v) is 33.5. The van der Waals surface area contributed by atoms with E-state index in [0.29, 0.717) is 17.5 Å². The highest BCUT2D eigenvalue weighted by molar-refractivity contribution is 6.24. The zero-order chi connectivity index (χ0) is 41.0. The fraction of sp³-hybridized carbons (Fsp3) is 0. The molecule has 290 valence electrons. The number of nitrogens with zero attached hydrogens (tertiary/aromatic N) is 4. The van der Waals surface area contributed by atoms with E-state index in [9.17, 15) is 0 Å². The van der Waals surface area contributed by atoms with Crippen LogP contribution in [0.15, 0.2) is 223 Å². The molecule has 12 aromatic rings. The molecule has 0 aliphatic heterocycles. The third-order valence-electron chi connectivity index (χ3n) is 11.9. The number of rotatable bonds is 7. The number of para-hydroxylation sites is 1. The summed E-state index contributed by atoms with van der Waals surface area (Å²) >= 11 is 0. The second kappa shape index (κ2) is 14.7. The van der Waals surface area contributed by atoms with Gasteiger partial charge in [0.05, 0.1) is 16.4 Å². The van der Waals surface area contributed by atoms with Gasteiger partial charge in [-0.2, -0.15) is 0 Å². The molecule has 0 spiro atoms. The molecule has 0 unspecified atom stereocenters. The molecular formula is C57H36N4O. The lowest BCUT2D eigenvalue weighted by molar-refractivity contribution is 0.669. The number of fused-ring (bicyclic) bond motifs is 7. The minimum absolute atomic E-state index is 0.579. The summed E-state index contributed by atoms with van der Waals surface area (Å²) in [5.74, 6) is 1.80. The first-order valence-electron chi connectivity index (χ1n) is 20.8. The van der Waals surface area contributed by atoms with Gasteiger partial charge in [-0.25, -0.2) is 15.0 Å². The molecule has 5 heteroatoms. The van der Waals surface area contributed by atoms with Crippen LogP contribution in [0.3, 0.4) is 0 Å².